The molecule has 0 aliphatic heterocycles. The van der Waals surface area contributed by atoms with E-state index in [4.69, 9.17) is 9.47 Å². The van der Waals surface area contributed by atoms with E-state index in [1.165, 1.54) is 0 Å². The number of fused-ring (bicyclic) bond motifs is 6. The van der Waals surface area contributed by atoms with Gasteiger partial charge in [0, 0.05) is 44.0 Å². The van der Waals surface area contributed by atoms with Crippen LogP contribution in [0, 0.1) is 13.8 Å². The van der Waals surface area contributed by atoms with Gasteiger partial charge in [0.15, 0.2) is 0 Å². The topological polar surface area (TPSA) is 74.4 Å². The van der Waals surface area contributed by atoms with E-state index < -0.39 is 8.07 Å². The van der Waals surface area contributed by atoms with Crippen molar-refractivity contribution in [2.75, 3.05) is 12.5 Å². The van der Waals surface area contributed by atoms with E-state index >= 15 is 0 Å². The van der Waals surface area contributed by atoms with E-state index in [-0.39, 0.29) is 62.5 Å². The summed E-state index contributed by atoms with van der Waals surface area (Å²) >= 11 is 0. The monoisotopic (exact) mass is 1000 g/mol. The maximum absolute atomic E-state index is 14.7. The Morgan fingerprint density at radius 3 is 1.06 bits per heavy atom. The van der Waals surface area contributed by atoms with Gasteiger partial charge < -0.3 is 53.6 Å². The molecule has 0 saturated carbocycles. The normalized spacial score (nSPS) is 11.3. The number of hydrogen-bond donors (Lipinski definition) is 0. The van der Waals surface area contributed by atoms with Crippen molar-refractivity contribution in [2.45, 2.75) is 39.8 Å². The summed E-state index contributed by atoms with van der Waals surface area (Å²) in [7, 11) is -2.25. The van der Waals surface area contributed by atoms with Crippen LogP contribution in [0.2, 0.25) is 12.1 Å². The first kappa shape index (κ1) is 48.2. The molecule has 0 saturated heterocycles. The van der Waals surface area contributed by atoms with Gasteiger partial charge in [0.05, 0.1) is 34.5 Å². The van der Waals surface area contributed by atoms with Crippen molar-refractivity contribution >= 4 is 51.7 Å². The number of rotatable bonds is 12. The van der Waals surface area contributed by atoms with Gasteiger partial charge in [0.2, 0.25) is 0 Å². The average molecular weight is 1000 g/mol. The van der Waals surface area contributed by atoms with Crippen LogP contribution in [0.15, 0.2) is 170 Å². The van der Waals surface area contributed by atoms with Gasteiger partial charge in [0.25, 0.3) is 0 Å². The van der Waals surface area contributed by atoms with Crippen LogP contribution in [0.5, 0.6) is 23.0 Å². The Kier molecular flexibility index (Phi) is 14.6. The Hall–Kier alpha value is -5.76. The molecule has 2 heterocycles. The van der Waals surface area contributed by atoms with Gasteiger partial charge >= 0.3 is 26.2 Å². The molecule has 328 valence electrons. The molecule has 0 spiro atoms. The Morgan fingerprint density at radius 1 is 0.424 bits per heavy atom. The van der Waals surface area contributed by atoms with E-state index in [0.29, 0.717) is 46.5 Å². The van der Waals surface area contributed by atoms with Crippen LogP contribution < -0.4 is 44.5 Å². The smallest absolute Gasteiger partial charge is 1.00 e. The minimum atomic E-state index is -2.25. The second-order valence-corrected chi connectivity index (χ2v) is 21.8. The molecular formula is C56H48Cl2N2O4SiZr. The van der Waals surface area contributed by atoms with Crippen LogP contribution in [0.25, 0.3) is 77.2 Å². The maximum Gasteiger partial charge on any atom is 4.00 e. The van der Waals surface area contributed by atoms with E-state index in [0.717, 1.165) is 78.0 Å². The van der Waals surface area contributed by atoms with Gasteiger partial charge in [-0.25, -0.2) is 0 Å². The SMILES string of the molecule is CC[Si](CC)(COc1ccccc1-c1cc(C)cc(-n2c3ccccc3c3ccccc32)c1[O-])COc1ccccc1-c1cc(C)cc(-n2c3ccccc3c3ccccc32)c1[O-].[Cl-].[Cl-].[Zr+4]. The summed E-state index contributed by atoms with van der Waals surface area (Å²) in [5.74, 6) is 1.27. The summed E-state index contributed by atoms with van der Waals surface area (Å²) in [6.07, 6.45) is 1.02. The van der Waals surface area contributed by atoms with Crippen molar-refractivity contribution in [3.8, 4) is 56.6 Å². The predicted molar refractivity (Wildman–Crippen MR) is 259 cm³/mol. The largest absolute Gasteiger partial charge is 4.00 e. The Bertz CT molecular complexity index is 3040. The minimum absolute atomic E-state index is 0. The fourth-order valence-corrected chi connectivity index (χ4v) is 11.7. The first-order valence-electron chi connectivity index (χ1n) is 21.8. The molecule has 0 aliphatic carbocycles. The van der Waals surface area contributed by atoms with Crippen LogP contribution in [-0.2, 0) is 26.2 Å². The number of benzene rings is 8. The maximum atomic E-state index is 14.7. The molecule has 0 atom stereocenters. The molecule has 0 unspecified atom stereocenters. The third-order valence-electron chi connectivity index (χ3n) is 13.0. The number of halogens is 2. The zero-order chi connectivity index (χ0) is 43.2. The summed E-state index contributed by atoms with van der Waals surface area (Å²) < 4.78 is 17.9. The number of nitrogens with zero attached hydrogens (tertiary/aromatic N) is 2. The van der Waals surface area contributed by atoms with Gasteiger partial charge in [0.1, 0.15) is 19.6 Å². The minimum Gasteiger partial charge on any atom is -1.00 e. The second kappa shape index (κ2) is 20.0. The Balaban J connectivity index is 0.00000216. The molecule has 0 aliphatic rings. The van der Waals surface area contributed by atoms with E-state index in [1.807, 2.05) is 135 Å². The third kappa shape index (κ3) is 8.45. The molecule has 10 aromatic rings. The molecule has 0 amide bonds. The van der Waals surface area contributed by atoms with Gasteiger partial charge in [-0.3, -0.25) is 0 Å². The van der Waals surface area contributed by atoms with Crippen molar-refractivity contribution in [3.05, 3.63) is 181 Å². The van der Waals surface area contributed by atoms with Gasteiger partial charge in [-0.05, 0) is 84.6 Å². The predicted octanol–water partition coefficient (Wildman–Crippen LogP) is 7.01. The summed E-state index contributed by atoms with van der Waals surface area (Å²) in [6.45, 7) is 8.54. The number of para-hydroxylation sites is 6. The molecule has 6 nitrogen and oxygen atoms in total. The molecule has 0 fully saturated rings. The van der Waals surface area contributed by atoms with Crippen molar-refractivity contribution in [1.29, 1.82) is 0 Å². The number of hydrogen-bond acceptors (Lipinski definition) is 4. The van der Waals surface area contributed by atoms with Crippen molar-refractivity contribution < 1.29 is 70.7 Å². The van der Waals surface area contributed by atoms with Crippen LogP contribution >= 0.6 is 0 Å². The molecule has 0 radical (unpaired) electrons. The van der Waals surface area contributed by atoms with Gasteiger partial charge in [-0.1, -0.05) is 159 Å². The van der Waals surface area contributed by atoms with E-state index in [9.17, 15) is 10.2 Å². The molecule has 66 heavy (non-hydrogen) atoms. The van der Waals surface area contributed by atoms with Crippen molar-refractivity contribution in [1.82, 2.24) is 9.13 Å². The summed E-state index contributed by atoms with van der Waals surface area (Å²) in [6, 6.07) is 58.7. The Morgan fingerprint density at radius 2 is 0.727 bits per heavy atom. The van der Waals surface area contributed by atoms with Crippen molar-refractivity contribution in [2.24, 2.45) is 0 Å². The number of aromatic nitrogens is 2. The molecule has 10 rings (SSSR count). The molecule has 2 aromatic heterocycles. The van der Waals surface area contributed by atoms with Crippen molar-refractivity contribution in [3.63, 3.8) is 0 Å². The fraction of sp³-hybridized carbons (Fsp3) is 0.143. The zero-order valence-electron chi connectivity index (χ0n) is 37.3. The van der Waals surface area contributed by atoms with Crippen LogP contribution in [0.4, 0.5) is 0 Å². The molecule has 0 bridgehead atoms. The van der Waals surface area contributed by atoms with Crippen LogP contribution in [-0.4, -0.2) is 29.7 Å². The first-order chi connectivity index (χ1) is 30.8. The summed E-state index contributed by atoms with van der Waals surface area (Å²) in [5.41, 5.74) is 9.98. The summed E-state index contributed by atoms with van der Waals surface area (Å²) in [4.78, 5) is 0. The second-order valence-electron chi connectivity index (χ2n) is 16.8. The molecular weight excluding hydrogens is 955 g/mol. The number of ether oxygens (including phenoxy) is 2. The van der Waals surface area contributed by atoms with Gasteiger partial charge in [-0.2, -0.15) is 0 Å². The quantitative estimate of drug-likeness (QED) is 0.124. The van der Waals surface area contributed by atoms with E-state index in [1.54, 1.807) is 0 Å². The van der Waals surface area contributed by atoms with Crippen LogP contribution in [0.1, 0.15) is 25.0 Å². The average Bonchev–Trinajstić information content (AvgIpc) is 3.84. The van der Waals surface area contributed by atoms with Gasteiger partial charge in [-0.15, -0.1) is 0 Å². The zero-order valence-corrected chi connectivity index (χ0v) is 42.2. The third-order valence-corrected chi connectivity index (χ3v) is 17.5. The Labute approximate surface area is 418 Å². The summed E-state index contributed by atoms with van der Waals surface area (Å²) in [5, 5.41) is 33.9. The first-order valence-corrected chi connectivity index (χ1v) is 24.7. The standard InChI is InChI=1S/C56H50N2O4Si.2ClH.Zr/c1-5-63(6-2,35-61-53-29-17-11-23-43(53)45-31-37(3)33-51(55(45)59)57-47-25-13-7-19-39(47)40-20-8-14-26-48(40)57)36-62-54-30-18-12-24-44(54)46-32-38(4)34-52(56(46)60)58-49-27-15-9-21-41(49)42-22-10-16-28-50(42)58;;;/h7-34,59-60H,5-6,35-36H2,1-4H3;2*1H;/q;;;+4/p-4. The number of aryl methyl sites for hydroxylation is 2. The fourth-order valence-electron chi connectivity index (χ4n) is 9.40. The molecule has 0 N–H and O–H groups in total. The molecule has 8 aromatic carbocycles. The van der Waals surface area contributed by atoms with E-state index in [2.05, 4.69) is 71.5 Å². The van der Waals surface area contributed by atoms with Crippen LogP contribution in [0.3, 0.4) is 0 Å². The molecule has 10 heteroatoms.